The Morgan fingerprint density at radius 2 is 2.11 bits per heavy atom. The van der Waals surface area contributed by atoms with Crippen LogP contribution < -0.4 is 10.1 Å². The zero-order valence-corrected chi connectivity index (χ0v) is 11.6. The van der Waals surface area contributed by atoms with Crippen LogP contribution in [-0.4, -0.2) is 43.6 Å². The highest BCUT2D eigenvalue weighted by Crippen LogP contribution is 2.14. The summed E-state index contributed by atoms with van der Waals surface area (Å²) in [5, 5.41) is 2.81. The van der Waals surface area contributed by atoms with Crippen molar-refractivity contribution >= 4 is 5.91 Å². The minimum Gasteiger partial charge on any atom is -0.489 e. The van der Waals surface area contributed by atoms with E-state index in [2.05, 4.69) is 5.32 Å². The van der Waals surface area contributed by atoms with E-state index in [9.17, 15) is 9.18 Å². The Labute approximate surface area is 113 Å². The fraction of sp³-hybridized carbons (Fsp3) is 0.500. The highest BCUT2D eigenvalue weighted by molar-refractivity contribution is 5.78. The van der Waals surface area contributed by atoms with Gasteiger partial charge in [-0.15, -0.1) is 0 Å². The molecule has 0 fully saturated rings. The number of nitrogens with one attached hydrogen (secondary N) is 1. The molecular formula is C14H21FN2O2. The first-order chi connectivity index (χ1) is 8.99. The van der Waals surface area contributed by atoms with Crippen LogP contribution in [0.5, 0.6) is 5.75 Å². The monoisotopic (exact) mass is 268 g/mol. The molecule has 0 radical (unpaired) electrons. The lowest BCUT2D eigenvalue weighted by molar-refractivity contribution is -0.122. The second-order valence-electron chi connectivity index (χ2n) is 4.74. The molecule has 1 aromatic carbocycles. The molecule has 1 amide bonds. The summed E-state index contributed by atoms with van der Waals surface area (Å²) in [6.07, 6.45) is 0. The van der Waals surface area contributed by atoms with Crippen molar-refractivity contribution < 1.29 is 13.9 Å². The molecule has 1 N–H and O–H groups in total. The number of carbonyl (C=O) groups is 1. The molecule has 0 unspecified atom stereocenters. The van der Waals surface area contributed by atoms with Gasteiger partial charge in [-0.1, -0.05) is 12.1 Å². The van der Waals surface area contributed by atoms with Crippen molar-refractivity contribution in [1.82, 2.24) is 10.2 Å². The van der Waals surface area contributed by atoms with E-state index in [0.717, 1.165) is 0 Å². The summed E-state index contributed by atoms with van der Waals surface area (Å²) in [5.41, 5.74) is 0. The van der Waals surface area contributed by atoms with Crippen LogP contribution in [0.1, 0.15) is 13.8 Å². The summed E-state index contributed by atoms with van der Waals surface area (Å²) < 4.78 is 18.6. The van der Waals surface area contributed by atoms with Gasteiger partial charge in [0.05, 0.1) is 6.54 Å². The number of hydrogen-bond acceptors (Lipinski definition) is 3. The van der Waals surface area contributed by atoms with Crippen molar-refractivity contribution in [2.75, 3.05) is 26.7 Å². The number of halogens is 1. The maximum atomic E-state index is 13.3. The van der Waals surface area contributed by atoms with Crippen molar-refractivity contribution in [3.05, 3.63) is 30.1 Å². The maximum absolute atomic E-state index is 13.3. The van der Waals surface area contributed by atoms with Gasteiger partial charge in [-0.2, -0.15) is 0 Å². The van der Waals surface area contributed by atoms with E-state index in [4.69, 9.17) is 4.74 Å². The lowest BCUT2D eigenvalue weighted by atomic mass is 10.3. The van der Waals surface area contributed by atoms with Crippen molar-refractivity contribution in [3.63, 3.8) is 0 Å². The van der Waals surface area contributed by atoms with Crippen LogP contribution in [0.2, 0.25) is 0 Å². The zero-order valence-electron chi connectivity index (χ0n) is 11.6. The van der Waals surface area contributed by atoms with E-state index < -0.39 is 0 Å². The molecule has 19 heavy (non-hydrogen) atoms. The van der Waals surface area contributed by atoms with Crippen LogP contribution in [0.25, 0.3) is 0 Å². The highest BCUT2D eigenvalue weighted by Gasteiger charge is 2.08. The number of benzene rings is 1. The van der Waals surface area contributed by atoms with Crippen LogP contribution >= 0.6 is 0 Å². The minimum absolute atomic E-state index is 0.0246. The largest absolute Gasteiger partial charge is 0.489 e. The molecule has 1 aromatic rings. The standard InChI is InChI=1S/C14H21FN2O2/c1-11(2)16-14(18)10-17(3)8-9-19-13-7-5-4-6-12(13)15/h4-7,11H,8-10H2,1-3H3,(H,16,18). The van der Waals surface area contributed by atoms with Gasteiger partial charge in [0, 0.05) is 12.6 Å². The van der Waals surface area contributed by atoms with Crippen LogP contribution in [0.4, 0.5) is 4.39 Å². The smallest absolute Gasteiger partial charge is 0.234 e. The Morgan fingerprint density at radius 1 is 1.42 bits per heavy atom. The Morgan fingerprint density at radius 3 is 2.74 bits per heavy atom. The van der Waals surface area contributed by atoms with Crippen molar-refractivity contribution in [2.24, 2.45) is 0 Å². The summed E-state index contributed by atoms with van der Waals surface area (Å²) >= 11 is 0. The predicted molar refractivity (Wildman–Crippen MR) is 72.7 cm³/mol. The van der Waals surface area contributed by atoms with Crippen LogP contribution in [0.15, 0.2) is 24.3 Å². The van der Waals surface area contributed by atoms with Gasteiger partial charge >= 0.3 is 0 Å². The number of amides is 1. The first-order valence-electron chi connectivity index (χ1n) is 6.34. The molecule has 0 saturated heterocycles. The third kappa shape index (κ3) is 6.20. The number of likely N-dealkylation sites (N-methyl/N-ethyl adjacent to an activating group) is 1. The Kier molecular flexibility index (Phi) is 6.29. The average Bonchev–Trinajstić information content (AvgIpc) is 2.30. The van der Waals surface area contributed by atoms with Gasteiger partial charge in [0.25, 0.3) is 0 Å². The lowest BCUT2D eigenvalue weighted by Gasteiger charge is -2.17. The quantitative estimate of drug-likeness (QED) is 0.817. The predicted octanol–water partition coefficient (Wildman–Crippen LogP) is 1.66. The van der Waals surface area contributed by atoms with Crippen molar-refractivity contribution in [3.8, 4) is 5.75 Å². The molecule has 0 aliphatic heterocycles. The summed E-state index contributed by atoms with van der Waals surface area (Å²) in [6.45, 7) is 5.03. The SMILES string of the molecule is CC(C)NC(=O)CN(C)CCOc1ccccc1F. The fourth-order valence-corrected chi connectivity index (χ4v) is 1.57. The number of rotatable bonds is 7. The van der Waals surface area contributed by atoms with E-state index in [1.165, 1.54) is 6.07 Å². The van der Waals surface area contributed by atoms with Gasteiger partial charge in [-0.05, 0) is 33.0 Å². The van der Waals surface area contributed by atoms with Crippen molar-refractivity contribution in [2.45, 2.75) is 19.9 Å². The Balaban J connectivity index is 2.26. The molecule has 0 bridgehead atoms. The summed E-state index contributed by atoms with van der Waals surface area (Å²) in [5.74, 6) is -0.159. The van der Waals surface area contributed by atoms with E-state index >= 15 is 0 Å². The summed E-state index contributed by atoms with van der Waals surface area (Å²) in [7, 11) is 1.82. The second-order valence-corrected chi connectivity index (χ2v) is 4.74. The van der Waals surface area contributed by atoms with Crippen LogP contribution in [0.3, 0.4) is 0 Å². The first-order valence-corrected chi connectivity index (χ1v) is 6.34. The Hall–Kier alpha value is -1.62. The molecule has 0 aromatic heterocycles. The van der Waals surface area contributed by atoms with Gasteiger partial charge in [0.1, 0.15) is 6.61 Å². The van der Waals surface area contributed by atoms with Crippen LogP contribution in [0, 0.1) is 5.82 Å². The van der Waals surface area contributed by atoms with Crippen molar-refractivity contribution in [1.29, 1.82) is 0 Å². The summed E-state index contributed by atoms with van der Waals surface area (Å²) in [4.78, 5) is 13.3. The molecule has 106 valence electrons. The topological polar surface area (TPSA) is 41.6 Å². The number of carbonyl (C=O) groups excluding carboxylic acids is 1. The fourth-order valence-electron chi connectivity index (χ4n) is 1.57. The molecule has 0 atom stereocenters. The highest BCUT2D eigenvalue weighted by atomic mass is 19.1. The van der Waals surface area contributed by atoms with Gasteiger partial charge < -0.3 is 10.1 Å². The molecule has 0 aliphatic carbocycles. The van der Waals surface area contributed by atoms with Gasteiger partial charge in [0.15, 0.2) is 11.6 Å². The zero-order chi connectivity index (χ0) is 14.3. The summed E-state index contributed by atoms with van der Waals surface area (Å²) in [6, 6.07) is 6.41. The van der Waals surface area contributed by atoms with E-state index in [1.54, 1.807) is 18.2 Å². The van der Waals surface area contributed by atoms with E-state index in [0.29, 0.717) is 19.7 Å². The first kappa shape index (κ1) is 15.4. The Bertz CT molecular complexity index is 410. The molecule has 0 spiro atoms. The average molecular weight is 268 g/mol. The number of para-hydroxylation sites is 1. The van der Waals surface area contributed by atoms with Gasteiger partial charge in [-0.25, -0.2) is 4.39 Å². The third-order valence-corrected chi connectivity index (χ3v) is 2.43. The number of nitrogens with zero attached hydrogens (tertiary/aromatic N) is 1. The second kappa shape index (κ2) is 7.74. The lowest BCUT2D eigenvalue weighted by Crippen LogP contribution is -2.39. The molecule has 0 aliphatic rings. The van der Waals surface area contributed by atoms with E-state index in [1.807, 2.05) is 25.8 Å². The molecular weight excluding hydrogens is 247 g/mol. The van der Waals surface area contributed by atoms with E-state index in [-0.39, 0.29) is 23.5 Å². The minimum atomic E-state index is -0.372. The molecule has 0 saturated carbocycles. The van der Waals surface area contributed by atoms with Gasteiger partial charge in [0.2, 0.25) is 5.91 Å². The molecule has 0 heterocycles. The maximum Gasteiger partial charge on any atom is 0.234 e. The molecule has 1 rings (SSSR count). The van der Waals surface area contributed by atoms with Gasteiger partial charge in [-0.3, -0.25) is 9.69 Å². The normalized spacial score (nSPS) is 10.8. The molecule has 4 nitrogen and oxygen atoms in total. The number of ether oxygens (including phenoxy) is 1. The number of hydrogen-bond donors (Lipinski definition) is 1. The molecule has 5 heteroatoms. The third-order valence-electron chi connectivity index (χ3n) is 2.43. The van der Waals surface area contributed by atoms with Crippen LogP contribution in [-0.2, 0) is 4.79 Å².